The Balaban J connectivity index is 1.99. The number of guanidine groups is 1. The average Bonchev–Trinajstić information content (AvgIpc) is 3.20. The third kappa shape index (κ3) is 4.77. The highest BCUT2D eigenvalue weighted by Crippen LogP contribution is 2.21. The van der Waals surface area contributed by atoms with E-state index >= 15 is 0 Å². The van der Waals surface area contributed by atoms with Crippen LogP contribution < -0.4 is 10.6 Å². The summed E-state index contributed by atoms with van der Waals surface area (Å²) in [5, 5.41) is 28.8. The van der Waals surface area contributed by atoms with Crippen molar-refractivity contribution in [3.05, 3.63) is 34.5 Å². The van der Waals surface area contributed by atoms with Crippen LogP contribution in [0, 0.1) is 0 Å². The van der Waals surface area contributed by atoms with Gasteiger partial charge in [-0.2, -0.15) is 11.3 Å². The molecule has 0 radical (unpaired) electrons. The highest BCUT2D eigenvalue weighted by Gasteiger charge is 2.23. The van der Waals surface area contributed by atoms with Gasteiger partial charge in [-0.05, 0) is 43.2 Å². The van der Waals surface area contributed by atoms with Crippen LogP contribution in [0.2, 0.25) is 0 Å². The number of hydrogen-bond acceptors (Lipinski definition) is 5. The lowest BCUT2D eigenvalue weighted by Gasteiger charge is -2.24. The van der Waals surface area contributed by atoms with Crippen molar-refractivity contribution in [1.29, 1.82) is 0 Å². The highest BCUT2D eigenvalue weighted by atomic mass is 32.1. The van der Waals surface area contributed by atoms with Crippen LogP contribution in [0.3, 0.4) is 0 Å². The molecule has 0 saturated heterocycles. The quantitative estimate of drug-likeness (QED) is 0.524. The minimum absolute atomic E-state index is 0.371. The number of aryl methyl sites for hydroxylation is 1. The summed E-state index contributed by atoms with van der Waals surface area (Å²) in [6.45, 7) is 8.20. The van der Waals surface area contributed by atoms with Gasteiger partial charge < -0.3 is 20.3 Å². The molecule has 0 aliphatic heterocycles. The van der Waals surface area contributed by atoms with Gasteiger partial charge in [-0.3, -0.25) is 0 Å². The van der Waals surface area contributed by atoms with Gasteiger partial charge in [0.1, 0.15) is 18.5 Å². The van der Waals surface area contributed by atoms with E-state index in [1.54, 1.807) is 24.6 Å². The number of aromatic nitrogens is 3. The summed E-state index contributed by atoms with van der Waals surface area (Å²) < 4.78 is 1.95. The van der Waals surface area contributed by atoms with Crippen molar-refractivity contribution in [2.45, 2.75) is 39.5 Å². The van der Waals surface area contributed by atoms with Crippen LogP contribution in [-0.4, -0.2) is 38.9 Å². The minimum atomic E-state index is -0.945. The summed E-state index contributed by atoms with van der Waals surface area (Å²) in [6, 6.07) is 1.93. The summed E-state index contributed by atoms with van der Waals surface area (Å²) in [5.41, 5.74) is -0.0452. The van der Waals surface area contributed by atoms with Crippen LogP contribution in [0.25, 0.3) is 0 Å². The van der Waals surface area contributed by atoms with Crippen molar-refractivity contribution >= 4 is 17.3 Å². The van der Waals surface area contributed by atoms with E-state index in [0.29, 0.717) is 19.0 Å². The standard InChI is InChI=1S/C15H24N6OS/c1-4-16-14(17-8-13-20-19-11-21(13)5-2)18-10-15(3,22)12-6-7-23-9-12/h6-7,9,11,22H,4-5,8,10H2,1-3H3,(H2,16,17,18). The molecule has 0 bridgehead atoms. The van der Waals surface area contributed by atoms with E-state index in [0.717, 1.165) is 24.5 Å². The summed E-state index contributed by atoms with van der Waals surface area (Å²) in [5.74, 6) is 1.46. The van der Waals surface area contributed by atoms with Crippen LogP contribution in [-0.2, 0) is 18.7 Å². The molecule has 3 N–H and O–H groups in total. The lowest BCUT2D eigenvalue weighted by molar-refractivity contribution is 0.0621. The number of rotatable bonds is 7. The Morgan fingerprint density at radius 3 is 2.91 bits per heavy atom. The Bertz CT molecular complexity index is 620. The Labute approximate surface area is 140 Å². The molecule has 0 amide bonds. The Kier molecular flexibility index (Phi) is 6.12. The highest BCUT2D eigenvalue weighted by molar-refractivity contribution is 7.08. The maximum Gasteiger partial charge on any atom is 0.191 e. The smallest absolute Gasteiger partial charge is 0.191 e. The van der Waals surface area contributed by atoms with E-state index in [2.05, 4.69) is 25.8 Å². The Hall–Kier alpha value is -1.93. The third-order valence-electron chi connectivity index (χ3n) is 3.50. The predicted molar refractivity (Wildman–Crippen MR) is 92.4 cm³/mol. The summed E-state index contributed by atoms with van der Waals surface area (Å²) >= 11 is 1.57. The molecule has 0 aliphatic rings. The van der Waals surface area contributed by atoms with Crippen LogP contribution in [0.15, 0.2) is 28.1 Å². The van der Waals surface area contributed by atoms with Crippen LogP contribution in [0.5, 0.6) is 0 Å². The maximum atomic E-state index is 10.6. The number of nitrogens with zero attached hydrogens (tertiary/aromatic N) is 4. The summed E-state index contributed by atoms with van der Waals surface area (Å²) in [4.78, 5) is 4.51. The molecular formula is C15H24N6OS. The molecule has 23 heavy (non-hydrogen) atoms. The summed E-state index contributed by atoms with van der Waals surface area (Å²) in [7, 11) is 0. The van der Waals surface area contributed by atoms with Gasteiger partial charge in [0, 0.05) is 13.1 Å². The van der Waals surface area contributed by atoms with Gasteiger partial charge in [-0.15, -0.1) is 10.2 Å². The number of aliphatic imine (C=N–C) groups is 1. The minimum Gasteiger partial charge on any atom is -0.384 e. The third-order valence-corrected chi connectivity index (χ3v) is 4.19. The van der Waals surface area contributed by atoms with Gasteiger partial charge in [0.2, 0.25) is 0 Å². The number of aliphatic hydroxyl groups is 1. The van der Waals surface area contributed by atoms with Gasteiger partial charge in [-0.25, -0.2) is 4.99 Å². The van der Waals surface area contributed by atoms with E-state index < -0.39 is 5.60 Å². The Morgan fingerprint density at radius 1 is 1.43 bits per heavy atom. The molecule has 2 aromatic heterocycles. The first-order valence-corrected chi connectivity index (χ1v) is 8.65. The Morgan fingerprint density at radius 2 is 2.26 bits per heavy atom. The van der Waals surface area contributed by atoms with E-state index in [1.807, 2.05) is 35.2 Å². The van der Waals surface area contributed by atoms with Gasteiger partial charge >= 0.3 is 0 Å². The molecule has 0 saturated carbocycles. The molecule has 0 spiro atoms. The molecule has 2 aromatic rings. The van der Waals surface area contributed by atoms with Crippen molar-refractivity contribution in [2.24, 2.45) is 4.99 Å². The van der Waals surface area contributed by atoms with E-state index in [-0.39, 0.29) is 0 Å². The first kappa shape index (κ1) is 17.4. The monoisotopic (exact) mass is 336 g/mol. The second kappa shape index (κ2) is 8.07. The molecule has 1 atom stereocenters. The van der Waals surface area contributed by atoms with Crippen molar-refractivity contribution in [1.82, 2.24) is 25.4 Å². The topological polar surface area (TPSA) is 87.4 Å². The van der Waals surface area contributed by atoms with E-state index in [4.69, 9.17) is 0 Å². The first-order valence-electron chi connectivity index (χ1n) is 7.70. The average molecular weight is 336 g/mol. The number of thiophene rings is 1. The van der Waals surface area contributed by atoms with Gasteiger partial charge in [0.25, 0.3) is 0 Å². The van der Waals surface area contributed by atoms with Crippen LogP contribution >= 0.6 is 11.3 Å². The summed E-state index contributed by atoms with van der Waals surface area (Å²) in [6.07, 6.45) is 1.70. The number of nitrogens with one attached hydrogen (secondary N) is 2. The lowest BCUT2D eigenvalue weighted by Crippen LogP contribution is -2.44. The largest absolute Gasteiger partial charge is 0.384 e. The zero-order valence-electron chi connectivity index (χ0n) is 13.8. The van der Waals surface area contributed by atoms with E-state index in [1.165, 1.54) is 0 Å². The first-order chi connectivity index (χ1) is 11.1. The molecule has 8 heteroatoms. The zero-order chi connectivity index (χ0) is 16.7. The molecule has 0 fully saturated rings. The fraction of sp³-hybridized carbons (Fsp3) is 0.533. The van der Waals surface area contributed by atoms with Gasteiger partial charge in [0.15, 0.2) is 11.8 Å². The zero-order valence-corrected chi connectivity index (χ0v) is 14.6. The molecule has 2 heterocycles. The molecular weight excluding hydrogens is 312 g/mol. The SMILES string of the molecule is CCNC(=NCc1nncn1CC)NCC(C)(O)c1ccsc1. The van der Waals surface area contributed by atoms with Crippen molar-refractivity contribution < 1.29 is 5.11 Å². The molecule has 0 aromatic carbocycles. The maximum absolute atomic E-state index is 10.6. The molecule has 126 valence electrons. The molecule has 0 aliphatic carbocycles. The molecule has 7 nitrogen and oxygen atoms in total. The fourth-order valence-corrected chi connectivity index (χ4v) is 2.87. The lowest BCUT2D eigenvalue weighted by atomic mass is 9.99. The van der Waals surface area contributed by atoms with Gasteiger partial charge in [0.05, 0.1) is 6.54 Å². The van der Waals surface area contributed by atoms with Gasteiger partial charge in [-0.1, -0.05) is 0 Å². The second-order valence-corrected chi connectivity index (χ2v) is 6.15. The van der Waals surface area contributed by atoms with Crippen molar-refractivity contribution in [3.8, 4) is 0 Å². The van der Waals surface area contributed by atoms with E-state index in [9.17, 15) is 5.11 Å². The fourth-order valence-electron chi connectivity index (χ4n) is 2.09. The van der Waals surface area contributed by atoms with Crippen molar-refractivity contribution in [2.75, 3.05) is 13.1 Å². The normalized spacial score (nSPS) is 14.5. The van der Waals surface area contributed by atoms with Crippen LogP contribution in [0.1, 0.15) is 32.2 Å². The molecule has 2 rings (SSSR count). The molecule has 1 unspecified atom stereocenters. The predicted octanol–water partition coefficient (Wildman–Crippen LogP) is 1.32. The van der Waals surface area contributed by atoms with Crippen LogP contribution in [0.4, 0.5) is 0 Å². The van der Waals surface area contributed by atoms with Crippen molar-refractivity contribution in [3.63, 3.8) is 0 Å². The second-order valence-electron chi connectivity index (χ2n) is 5.37. The number of hydrogen-bond donors (Lipinski definition) is 3.